The van der Waals surface area contributed by atoms with Crippen molar-refractivity contribution in [2.45, 2.75) is 12.5 Å². The summed E-state index contributed by atoms with van der Waals surface area (Å²) in [5, 5.41) is 1.03. The smallest absolute Gasteiger partial charge is 0.239 e. The highest BCUT2D eigenvalue weighted by Gasteiger charge is 2.26. The van der Waals surface area contributed by atoms with Crippen LogP contribution >= 0.6 is 0 Å². The summed E-state index contributed by atoms with van der Waals surface area (Å²) in [4.78, 5) is 25.7. The van der Waals surface area contributed by atoms with Gasteiger partial charge in [-0.2, -0.15) is 0 Å². The number of piperazine rings is 1. The van der Waals surface area contributed by atoms with Crippen molar-refractivity contribution < 1.29 is 9.53 Å². The number of nitrogens with zero attached hydrogens (tertiary/aromatic N) is 4. The summed E-state index contributed by atoms with van der Waals surface area (Å²) in [5.41, 5.74) is 8.17. The van der Waals surface area contributed by atoms with E-state index in [2.05, 4.69) is 14.9 Å². The van der Waals surface area contributed by atoms with Crippen molar-refractivity contribution in [1.29, 1.82) is 0 Å². The lowest BCUT2D eigenvalue weighted by molar-refractivity contribution is -0.132. The van der Waals surface area contributed by atoms with Gasteiger partial charge in [0.15, 0.2) is 0 Å². The zero-order chi connectivity index (χ0) is 20.2. The fourth-order valence-electron chi connectivity index (χ4n) is 3.72. The van der Waals surface area contributed by atoms with Gasteiger partial charge in [0.1, 0.15) is 17.9 Å². The van der Waals surface area contributed by atoms with Crippen LogP contribution in [0.3, 0.4) is 0 Å². The molecule has 29 heavy (non-hydrogen) atoms. The number of aromatic nitrogens is 2. The number of hydrogen-bond donors (Lipinski definition) is 1. The third-order valence-corrected chi connectivity index (χ3v) is 5.34. The summed E-state index contributed by atoms with van der Waals surface area (Å²) in [7, 11) is 1.63. The summed E-state index contributed by atoms with van der Waals surface area (Å²) in [5.74, 6) is 1.71. The van der Waals surface area contributed by atoms with Gasteiger partial charge in [0, 0.05) is 31.6 Å². The van der Waals surface area contributed by atoms with Gasteiger partial charge < -0.3 is 20.3 Å². The van der Waals surface area contributed by atoms with Crippen LogP contribution in [0.1, 0.15) is 5.56 Å². The molecule has 1 saturated heterocycles. The Hall–Kier alpha value is -3.19. The minimum atomic E-state index is -0.546. The molecule has 2 aromatic carbocycles. The Morgan fingerprint density at radius 1 is 1.07 bits per heavy atom. The van der Waals surface area contributed by atoms with Crippen LogP contribution in [0.4, 0.5) is 5.82 Å². The third-order valence-electron chi connectivity index (χ3n) is 5.34. The fraction of sp³-hybridized carbons (Fsp3) is 0.318. The second-order valence-electron chi connectivity index (χ2n) is 7.19. The maximum absolute atomic E-state index is 12.8. The van der Waals surface area contributed by atoms with Gasteiger partial charge in [0.05, 0.1) is 18.7 Å². The lowest BCUT2D eigenvalue weighted by atomic mass is 10.0. The van der Waals surface area contributed by atoms with E-state index in [1.165, 1.54) is 0 Å². The van der Waals surface area contributed by atoms with Gasteiger partial charge in [-0.25, -0.2) is 9.97 Å². The topological polar surface area (TPSA) is 84.6 Å². The highest BCUT2D eigenvalue weighted by atomic mass is 16.5. The van der Waals surface area contributed by atoms with Crippen LogP contribution in [0.2, 0.25) is 0 Å². The monoisotopic (exact) mass is 391 g/mol. The van der Waals surface area contributed by atoms with Crippen molar-refractivity contribution >= 4 is 22.6 Å². The molecule has 4 rings (SSSR count). The molecule has 2 N–H and O–H groups in total. The first kappa shape index (κ1) is 19.1. The van der Waals surface area contributed by atoms with E-state index in [4.69, 9.17) is 10.5 Å². The molecule has 0 radical (unpaired) electrons. The second kappa shape index (κ2) is 8.45. The molecule has 7 nitrogen and oxygen atoms in total. The molecule has 2 heterocycles. The van der Waals surface area contributed by atoms with Crippen LogP contribution in [-0.2, 0) is 11.2 Å². The van der Waals surface area contributed by atoms with E-state index >= 15 is 0 Å². The number of methoxy groups -OCH3 is 1. The number of nitrogens with two attached hydrogens (primary N) is 1. The van der Waals surface area contributed by atoms with Gasteiger partial charge in [0.2, 0.25) is 5.91 Å². The van der Waals surface area contributed by atoms with Crippen LogP contribution < -0.4 is 15.4 Å². The number of carbonyl (C=O) groups excluding carboxylic acids is 1. The van der Waals surface area contributed by atoms with Gasteiger partial charge in [-0.05, 0) is 36.2 Å². The normalized spacial score (nSPS) is 15.4. The molecular weight excluding hydrogens is 366 g/mol. The van der Waals surface area contributed by atoms with Crippen molar-refractivity contribution in [2.24, 2.45) is 5.73 Å². The first-order chi connectivity index (χ1) is 14.2. The first-order valence-corrected chi connectivity index (χ1v) is 9.77. The zero-order valence-corrected chi connectivity index (χ0v) is 16.5. The molecule has 7 heteroatoms. The number of rotatable bonds is 5. The maximum atomic E-state index is 12.8. The number of anilines is 1. The van der Waals surface area contributed by atoms with Gasteiger partial charge >= 0.3 is 0 Å². The molecule has 1 amide bonds. The molecule has 1 aliphatic rings. The number of benzene rings is 2. The van der Waals surface area contributed by atoms with Crippen LogP contribution in [0.25, 0.3) is 10.9 Å². The molecule has 0 aliphatic carbocycles. The standard InChI is InChI=1S/C22H25N5O2/c1-29-17-8-6-16(7-9-17)14-19(23)22(28)27-12-10-26(11-13-27)21-18-4-2-3-5-20(18)24-15-25-21/h2-9,15,19H,10-14,23H2,1H3. The van der Waals surface area contributed by atoms with Crippen molar-refractivity contribution in [3.63, 3.8) is 0 Å². The quantitative estimate of drug-likeness (QED) is 0.715. The Morgan fingerprint density at radius 3 is 2.52 bits per heavy atom. The number of ether oxygens (including phenoxy) is 1. The SMILES string of the molecule is COc1ccc(CC(N)C(=O)N2CCN(c3ncnc4ccccc34)CC2)cc1. The number of amides is 1. The van der Waals surface area contributed by atoms with Crippen molar-refractivity contribution in [3.8, 4) is 5.75 Å². The summed E-state index contributed by atoms with van der Waals surface area (Å²) in [6.07, 6.45) is 2.11. The summed E-state index contributed by atoms with van der Waals surface area (Å²) < 4.78 is 5.17. The second-order valence-corrected chi connectivity index (χ2v) is 7.19. The summed E-state index contributed by atoms with van der Waals surface area (Å²) in [6.45, 7) is 2.71. The van der Waals surface area contributed by atoms with Crippen LogP contribution in [-0.4, -0.2) is 60.1 Å². The third kappa shape index (κ3) is 4.14. The van der Waals surface area contributed by atoms with Gasteiger partial charge in [0.25, 0.3) is 0 Å². The van der Waals surface area contributed by atoms with E-state index in [-0.39, 0.29) is 5.91 Å². The number of fused-ring (bicyclic) bond motifs is 1. The van der Waals surface area contributed by atoms with Crippen LogP contribution in [0.5, 0.6) is 5.75 Å². The number of para-hydroxylation sites is 1. The average molecular weight is 391 g/mol. The molecule has 1 fully saturated rings. The highest BCUT2D eigenvalue weighted by molar-refractivity contribution is 5.89. The Labute approximate surface area is 170 Å². The van der Waals surface area contributed by atoms with E-state index < -0.39 is 6.04 Å². The molecular formula is C22H25N5O2. The highest BCUT2D eigenvalue weighted by Crippen LogP contribution is 2.23. The minimum absolute atomic E-state index is 0.00647. The maximum Gasteiger partial charge on any atom is 0.239 e. The van der Waals surface area contributed by atoms with E-state index in [1.807, 2.05) is 53.4 Å². The van der Waals surface area contributed by atoms with Crippen LogP contribution in [0, 0.1) is 0 Å². The summed E-state index contributed by atoms with van der Waals surface area (Å²) >= 11 is 0. The van der Waals surface area contributed by atoms with Crippen molar-refractivity contribution in [2.75, 3.05) is 38.2 Å². The number of carbonyl (C=O) groups is 1. The molecule has 0 spiro atoms. The van der Waals surface area contributed by atoms with E-state index in [0.717, 1.165) is 41.1 Å². The zero-order valence-electron chi connectivity index (χ0n) is 16.5. The summed E-state index contributed by atoms with van der Waals surface area (Å²) in [6, 6.07) is 15.1. The molecule has 1 unspecified atom stereocenters. The Kier molecular flexibility index (Phi) is 5.57. The molecule has 0 saturated carbocycles. The van der Waals surface area contributed by atoms with Gasteiger partial charge in [-0.15, -0.1) is 0 Å². The predicted molar refractivity (Wildman–Crippen MR) is 113 cm³/mol. The van der Waals surface area contributed by atoms with Crippen LogP contribution in [0.15, 0.2) is 54.9 Å². The Bertz CT molecular complexity index is 979. The number of hydrogen-bond acceptors (Lipinski definition) is 6. The van der Waals surface area contributed by atoms with Gasteiger partial charge in [-0.3, -0.25) is 4.79 Å². The molecule has 1 atom stereocenters. The molecule has 0 bridgehead atoms. The first-order valence-electron chi connectivity index (χ1n) is 9.77. The Balaban J connectivity index is 1.37. The van der Waals surface area contributed by atoms with E-state index in [0.29, 0.717) is 19.5 Å². The van der Waals surface area contributed by atoms with Crippen molar-refractivity contribution in [3.05, 3.63) is 60.4 Å². The average Bonchev–Trinajstić information content (AvgIpc) is 2.79. The molecule has 3 aromatic rings. The van der Waals surface area contributed by atoms with E-state index in [9.17, 15) is 4.79 Å². The molecule has 1 aliphatic heterocycles. The largest absolute Gasteiger partial charge is 0.497 e. The fourth-order valence-corrected chi connectivity index (χ4v) is 3.72. The molecule has 150 valence electrons. The van der Waals surface area contributed by atoms with Crippen molar-refractivity contribution in [1.82, 2.24) is 14.9 Å². The minimum Gasteiger partial charge on any atom is -0.497 e. The molecule has 1 aromatic heterocycles. The lowest BCUT2D eigenvalue weighted by Crippen LogP contribution is -2.53. The predicted octanol–water partition coefficient (Wildman–Crippen LogP) is 1.86. The Morgan fingerprint density at radius 2 is 1.79 bits per heavy atom. The van der Waals surface area contributed by atoms with E-state index in [1.54, 1.807) is 13.4 Å². The lowest BCUT2D eigenvalue weighted by Gasteiger charge is -2.36. The van der Waals surface area contributed by atoms with Gasteiger partial charge in [-0.1, -0.05) is 24.3 Å².